The predicted molar refractivity (Wildman–Crippen MR) is 53.9 cm³/mol. The molecule has 0 bridgehead atoms. The van der Waals surface area contributed by atoms with Gasteiger partial charge in [0.1, 0.15) is 5.82 Å². The van der Waals surface area contributed by atoms with E-state index in [-0.39, 0.29) is 6.10 Å². The molecule has 1 aromatic rings. The summed E-state index contributed by atoms with van der Waals surface area (Å²) in [5.74, 6) is 0.934. The Morgan fingerprint density at radius 2 is 2.23 bits per heavy atom. The highest BCUT2D eigenvalue weighted by Gasteiger charge is 2.07. The molecule has 0 saturated heterocycles. The van der Waals surface area contributed by atoms with Crippen LogP contribution in [0.4, 0.5) is 5.82 Å². The number of rotatable bonds is 3. The average molecular weight is 180 g/mol. The van der Waals surface area contributed by atoms with Crippen LogP contribution in [0.1, 0.15) is 12.5 Å². The van der Waals surface area contributed by atoms with Gasteiger partial charge in [-0.1, -0.05) is 6.07 Å². The first-order valence-corrected chi connectivity index (χ1v) is 4.40. The molecule has 0 amide bonds. The second-order valence-corrected chi connectivity index (χ2v) is 3.43. The lowest BCUT2D eigenvalue weighted by atomic mass is 10.1. The predicted octanol–water partition coefficient (Wildman–Crippen LogP) is 1.07. The van der Waals surface area contributed by atoms with Crippen molar-refractivity contribution in [3.05, 3.63) is 23.9 Å². The van der Waals surface area contributed by atoms with E-state index in [4.69, 9.17) is 0 Å². The molecular weight excluding hydrogens is 164 g/mol. The van der Waals surface area contributed by atoms with Gasteiger partial charge in [-0.15, -0.1) is 0 Å². The van der Waals surface area contributed by atoms with Crippen molar-refractivity contribution in [2.24, 2.45) is 0 Å². The molecule has 0 aliphatic rings. The molecule has 72 valence electrons. The zero-order valence-corrected chi connectivity index (χ0v) is 8.36. The summed E-state index contributed by atoms with van der Waals surface area (Å²) in [5, 5.41) is 9.27. The van der Waals surface area contributed by atoms with Crippen molar-refractivity contribution in [3.63, 3.8) is 0 Å². The van der Waals surface area contributed by atoms with Crippen LogP contribution in [-0.4, -0.2) is 30.3 Å². The quantitative estimate of drug-likeness (QED) is 0.756. The number of hydrogen-bond acceptors (Lipinski definition) is 3. The summed E-state index contributed by atoms with van der Waals surface area (Å²) >= 11 is 0. The van der Waals surface area contributed by atoms with E-state index in [2.05, 4.69) is 4.98 Å². The first-order valence-electron chi connectivity index (χ1n) is 4.40. The molecule has 0 spiro atoms. The van der Waals surface area contributed by atoms with Gasteiger partial charge < -0.3 is 10.0 Å². The Bertz CT molecular complexity index is 271. The van der Waals surface area contributed by atoms with Crippen LogP contribution in [0.15, 0.2) is 18.3 Å². The van der Waals surface area contributed by atoms with Gasteiger partial charge in [-0.2, -0.15) is 0 Å². The molecule has 1 heterocycles. The van der Waals surface area contributed by atoms with E-state index < -0.39 is 0 Å². The molecule has 13 heavy (non-hydrogen) atoms. The molecule has 0 radical (unpaired) electrons. The van der Waals surface area contributed by atoms with E-state index in [0.717, 1.165) is 11.4 Å². The highest BCUT2D eigenvalue weighted by atomic mass is 16.3. The fraction of sp³-hybridized carbons (Fsp3) is 0.500. The van der Waals surface area contributed by atoms with Crippen LogP contribution in [-0.2, 0) is 6.42 Å². The van der Waals surface area contributed by atoms with Gasteiger partial charge in [0.25, 0.3) is 0 Å². The molecule has 1 atom stereocenters. The van der Waals surface area contributed by atoms with Crippen LogP contribution in [0.5, 0.6) is 0 Å². The number of hydrogen-bond donors (Lipinski definition) is 1. The summed E-state index contributed by atoms with van der Waals surface area (Å²) in [7, 11) is 3.90. The maximum atomic E-state index is 9.27. The molecule has 0 aliphatic carbocycles. The number of aromatic nitrogens is 1. The van der Waals surface area contributed by atoms with Crippen molar-refractivity contribution < 1.29 is 5.11 Å². The van der Waals surface area contributed by atoms with Gasteiger partial charge in [-0.25, -0.2) is 4.98 Å². The van der Waals surface area contributed by atoms with Crippen molar-refractivity contribution in [3.8, 4) is 0 Å². The molecule has 0 fully saturated rings. The third kappa shape index (κ3) is 2.70. The van der Waals surface area contributed by atoms with Crippen LogP contribution in [0.2, 0.25) is 0 Å². The lowest BCUT2D eigenvalue weighted by Crippen LogP contribution is -2.15. The van der Waals surface area contributed by atoms with Gasteiger partial charge in [-0.05, 0) is 18.6 Å². The topological polar surface area (TPSA) is 36.4 Å². The second-order valence-electron chi connectivity index (χ2n) is 3.43. The van der Waals surface area contributed by atoms with Gasteiger partial charge in [0, 0.05) is 26.7 Å². The lowest BCUT2D eigenvalue weighted by molar-refractivity contribution is 0.195. The third-order valence-corrected chi connectivity index (χ3v) is 1.81. The minimum absolute atomic E-state index is 0.317. The van der Waals surface area contributed by atoms with Gasteiger partial charge >= 0.3 is 0 Å². The van der Waals surface area contributed by atoms with E-state index in [9.17, 15) is 5.11 Å². The molecule has 0 aromatic carbocycles. The summed E-state index contributed by atoms with van der Waals surface area (Å²) in [5.41, 5.74) is 1.09. The fourth-order valence-corrected chi connectivity index (χ4v) is 1.31. The third-order valence-electron chi connectivity index (χ3n) is 1.81. The Morgan fingerprint density at radius 3 is 2.77 bits per heavy atom. The van der Waals surface area contributed by atoms with Gasteiger partial charge in [0.2, 0.25) is 0 Å². The maximum absolute atomic E-state index is 9.27. The van der Waals surface area contributed by atoms with Crippen molar-refractivity contribution in [1.82, 2.24) is 4.98 Å². The van der Waals surface area contributed by atoms with E-state index >= 15 is 0 Å². The van der Waals surface area contributed by atoms with Crippen molar-refractivity contribution >= 4 is 5.82 Å². The number of aliphatic hydroxyl groups is 1. The molecular formula is C10H16N2O. The Morgan fingerprint density at radius 1 is 1.54 bits per heavy atom. The van der Waals surface area contributed by atoms with Crippen LogP contribution >= 0.6 is 0 Å². The van der Waals surface area contributed by atoms with Crippen molar-refractivity contribution in [2.75, 3.05) is 19.0 Å². The molecule has 0 aliphatic heterocycles. The van der Waals surface area contributed by atoms with E-state index in [1.807, 2.05) is 31.1 Å². The summed E-state index contributed by atoms with van der Waals surface area (Å²) in [6.45, 7) is 1.78. The van der Waals surface area contributed by atoms with Crippen molar-refractivity contribution in [2.45, 2.75) is 19.4 Å². The Hall–Kier alpha value is -1.09. The Kier molecular flexibility index (Phi) is 3.25. The first-order chi connectivity index (χ1) is 6.11. The van der Waals surface area contributed by atoms with E-state index in [0.29, 0.717) is 6.42 Å². The van der Waals surface area contributed by atoms with Crippen LogP contribution in [0, 0.1) is 0 Å². The minimum Gasteiger partial charge on any atom is -0.393 e. The molecule has 1 aromatic heterocycles. The Balaban J connectivity index is 2.91. The molecule has 0 saturated carbocycles. The number of nitrogens with zero attached hydrogens (tertiary/aromatic N) is 2. The average Bonchev–Trinajstić information content (AvgIpc) is 2.03. The zero-order valence-electron chi connectivity index (χ0n) is 8.36. The van der Waals surface area contributed by atoms with Crippen LogP contribution in [0.25, 0.3) is 0 Å². The normalized spacial score (nSPS) is 12.6. The summed E-state index contributed by atoms with van der Waals surface area (Å²) < 4.78 is 0. The SMILES string of the molecule is C[C@H](O)Cc1cccnc1N(C)C. The number of aliphatic hydroxyl groups excluding tert-OH is 1. The van der Waals surface area contributed by atoms with Crippen molar-refractivity contribution in [1.29, 1.82) is 0 Å². The number of anilines is 1. The molecule has 1 N–H and O–H groups in total. The lowest BCUT2D eigenvalue weighted by Gasteiger charge is -2.16. The Labute approximate surface area is 79.0 Å². The van der Waals surface area contributed by atoms with Crippen LogP contribution in [0.3, 0.4) is 0 Å². The highest BCUT2D eigenvalue weighted by Crippen LogP contribution is 2.15. The van der Waals surface area contributed by atoms with Gasteiger partial charge in [-0.3, -0.25) is 0 Å². The van der Waals surface area contributed by atoms with Crippen LogP contribution < -0.4 is 4.90 Å². The largest absolute Gasteiger partial charge is 0.393 e. The van der Waals surface area contributed by atoms with Gasteiger partial charge in [0.15, 0.2) is 0 Å². The smallest absolute Gasteiger partial charge is 0.131 e. The molecule has 1 rings (SSSR count). The van der Waals surface area contributed by atoms with Gasteiger partial charge in [0.05, 0.1) is 6.10 Å². The highest BCUT2D eigenvalue weighted by molar-refractivity contribution is 5.45. The molecule has 3 heteroatoms. The molecule has 0 unspecified atom stereocenters. The fourth-order valence-electron chi connectivity index (χ4n) is 1.31. The second kappa shape index (κ2) is 4.23. The molecule has 3 nitrogen and oxygen atoms in total. The zero-order chi connectivity index (χ0) is 9.84. The van der Waals surface area contributed by atoms with E-state index in [1.54, 1.807) is 13.1 Å². The monoisotopic (exact) mass is 180 g/mol. The maximum Gasteiger partial charge on any atom is 0.131 e. The summed E-state index contributed by atoms with van der Waals surface area (Å²) in [6, 6.07) is 3.89. The summed E-state index contributed by atoms with van der Waals surface area (Å²) in [6.07, 6.45) is 2.10. The van der Waals surface area contributed by atoms with E-state index in [1.165, 1.54) is 0 Å². The standard InChI is InChI=1S/C10H16N2O/c1-8(13)7-9-5-4-6-11-10(9)12(2)3/h4-6,8,13H,7H2,1-3H3/t8-/m0/s1. The first kappa shape index (κ1) is 9.99. The number of pyridine rings is 1. The minimum atomic E-state index is -0.317. The summed E-state index contributed by atoms with van der Waals surface area (Å²) in [4.78, 5) is 6.20.